The van der Waals surface area contributed by atoms with Crippen LogP contribution in [0.25, 0.3) is 110 Å². The molecule has 0 spiro atoms. The summed E-state index contributed by atoms with van der Waals surface area (Å²) in [5.41, 5.74) is 28.0. The molecule has 0 N–H and O–H groups in total. The monoisotopic (exact) mass is 896 g/mol. The Balaban J connectivity index is 1.00. The summed E-state index contributed by atoms with van der Waals surface area (Å²) in [6.07, 6.45) is 4.55. The Morgan fingerprint density at radius 3 is 1.19 bits per heavy atom. The second-order valence-electron chi connectivity index (χ2n) is 21.5. The third-order valence-electron chi connectivity index (χ3n) is 18.3. The Labute approximate surface area is 408 Å². The molecule has 0 bridgehead atoms. The van der Waals surface area contributed by atoms with Gasteiger partial charge >= 0.3 is 0 Å². The van der Waals surface area contributed by atoms with Gasteiger partial charge in [-0.2, -0.15) is 0 Å². The van der Waals surface area contributed by atoms with Crippen LogP contribution in [0.2, 0.25) is 0 Å². The first kappa shape index (κ1) is 39.2. The molecule has 0 radical (unpaired) electrons. The van der Waals surface area contributed by atoms with Crippen molar-refractivity contribution in [2.75, 3.05) is 0 Å². The van der Waals surface area contributed by atoms with Gasteiger partial charge in [-0.3, -0.25) is 0 Å². The quantitative estimate of drug-likeness (QED) is 0.167. The van der Waals surface area contributed by atoms with Gasteiger partial charge in [0.1, 0.15) is 0 Å². The maximum atomic E-state index is 2.64. The van der Waals surface area contributed by atoms with Gasteiger partial charge in [0.15, 0.2) is 0 Å². The van der Waals surface area contributed by atoms with Gasteiger partial charge in [-0.15, -0.1) is 0 Å². The summed E-state index contributed by atoms with van der Waals surface area (Å²) in [5, 5.41) is 11.2. The lowest BCUT2D eigenvalue weighted by Gasteiger charge is -2.42. The van der Waals surface area contributed by atoms with Gasteiger partial charge in [-0.25, -0.2) is 0 Å². The van der Waals surface area contributed by atoms with Crippen LogP contribution in [0.1, 0.15) is 95.9 Å². The van der Waals surface area contributed by atoms with Crippen LogP contribution in [0.15, 0.2) is 170 Å². The van der Waals surface area contributed by atoms with Gasteiger partial charge in [0, 0.05) is 32.9 Å². The van der Waals surface area contributed by atoms with Crippen LogP contribution >= 0.6 is 0 Å². The SMILES string of the molecule is CC1c2cc3c4cc(-c5ccc6c7c(cccc57)CC6)ccc4n(-c4ccccc4)c3c3c2-c2c(cc4c5cc(-c6ccc7c8c(cccc68)CC7)ccc5n(-c5ccccc5)c4c2C1C)C(C)C3C. The van der Waals surface area contributed by atoms with Crippen molar-refractivity contribution in [2.45, 2.75) is 77.0 Å². The van der Waals surface area contributed by atoms with Gasteiger partial charge in [-0.1, -0.05) is 137 Å². The molecular formula is C68H52N2. The van der Waals surface area contributed by atoms with Crippen molar-refractivity contribution < 1.29 is 0 Å². The molecule has 0 aliphatic heterocycles. The summed E-state index contributed by atoms with van der Waals surface area (Å²) >= 11 is 0. The van der Waals surface area contributed by atoms with Crippen molar-refractivity contribution in [3.05, 3.63) is 214 Å². The van der Waals surface area contributed by atoms with Crippen LogP contribution in [0, 0.1) is 0 Å². The van der Waals surface area contributed by atoms with Crippen molar-refractivity contribution in [3.8, 4) is 44.8 Å². The standard InChI is InChI=1S/C68H52N2/c1-37-39(3)61-66-54(36-58-56-34-46(28-32-60(56)69(67(58)61)47-15-7-5-8-16-47)50-30-26-44-24-22-42-14-12-20-52(50)64(42)44)38(2)40(4)62-65(66)53(37)35-57-55-33-45(27-31-59(55)70(68(57)62)48-17-9-6-10-18-48)49-29-25-43-23-21-41-13-11-19-51(49)63(41)43/h5-20,25-40H,21-24H2,1-4H3. The molecular weight excluding hydrogens is 845 g/mol. The zero-order valence-corrected chi connectivity index (χ0v) is 40.2. The Hall–Kier alpha value is -7.68. The fourth-order valence-electron chi connectivity index (χ4n) is 14.7. The van der Waals surface area contributed by atoms with E-state index in [9.17, 15) is 0 Å². The number of benzene rings is 10. The Bertz CT molecular complexity index is 4000. The summed E-state index contributed by atoms with van der Waals surface area (Å²) < 4.78 is 5.24. The van der Waals surface area contributed by atoms with Gasteiger partial charge in [0.2, 0.25) is 0 Å². The molecule has 2 aromatic heterocycles. The largest absolute Gasteiger partial charge is 0.309 e. The molecule has 2 heteroatoms. The molecule has 12 aromatic rings. The predicted molar refractivity (Wildman–Crippen MR) is 295 cm³/mol. The van der Waals surface area contributed by atoms with E-state index in [1.807, 2.05) is 0 Å². The molecule has 70 heavy (non-hydrogen) atoms. The van der Waals surface area contributed by atoms with Crippen molar-refractivity contribution in [1.82, 2.24) is 9.13 Å². The Morgan fingerprint density at radius 2 is 0.757 bits per heavy atom. The molecule has 0 saturated heterocycles. The summed E-state index contributed by atoms with van der Waals surface area (Å²) in [7, 11) is 0. The van der Waals surface area contributed by atoms with Crippen molar-refractivity contribution in [2.24, 2.45) is 0 Å². The first-order chi connectivity index (χ1) is 34.4. The number of para-hydroxylation sites is 2. The Kier molecular flexibility index (Phi) is 7.83. The highest BCUT2D eigenvalue weighted by Gasteiger charge is 2.42. The molecule has 0 saturated carbocycles. The van der Waals surface area contributed by atoms with Crippen LogP contribution in [0.4, 0.5) is 0 Å². The number of hydrogen-bond acceptors (Lipinski definition) is 0. The zero-order valence-electron chi connectivity index (χ0n) is 40.2. The first-order valence-corrected chi connectivity index (χ1v) is 25.9. The van der Waals surface area contributed by atoms with E-state index in [2.05, 4.69) is 207 Å². The minimum Gasteiger partial charge on any atom is -0.309 e. The molecule has 2 nitrogen and oxygen atoms in total. The van der Waals surface area contributed by atoms with E-state index in [0.717, 1.165) is 25.7 Å². The van der Waals surface area contributed by atoms with Crippen LogP contribution in [-0.4, -0.2) is 9.13 Å². The van der Waals surface area contributed by atoms with E-state index in [-0.39, 0.29) is 11.8 Å². The van der Waals surface area contributed by atoms with Crippen LogP contribution in [0.5, 0.6) is 0 Å². The number of hydrogen-bond donors (Lipinski definition) is 0. The summed E-state index contributed by atoms with van der Waals surface area (Å²) in [6.45, 7) is 10.1. The number of fused-ring (bicyclic) bond motifs is 8. The Morgan fingerprint density at radius 1 is 0.343 bits per heavy atom. The molecule has 2 heterocycles. The number of nitrogens with zero attached hydrogens (tertiary/aromatic N) is 2. The highest BCUT2D eigenvalue weighted by molar-refractivity contribution is 6.18. The van der Waals surface area contributed by atoms with E-state index in [4.69, 9.17) is 0 Å². The topological polar surface area (TPSA) is 9.86 Å². The lowest BCUT2D eigenvalue weighted by molar-refractivity contribution is 0.584. The molecule has 4 unspecified atom stereocenters. The van der Waals surface area contributed by atoms with E-state index in [1.165, 1.54) is 154 Å². The average molecular weight is 897 g/mol. The van der Waals surface area contributed by atoms with Gasteiger partial charge < -0.3 is 9.13 Å². The van der Waals surface area contributed by atoms with Crippen molar-refractivity contribution in [1.29, 1.82) is 0 Å². The lowest BCUT2D eigenvalue weighted by Crippen LogP contribution is -2.24. The molecule has 334 valence electrons. The average Bonchev–Trinajstić information content (AvgIpc) is 4.19. The maximum absolute atomic E-state index is 2.64. The van der Waals surface area contributed by atoms with Gasteiger partial charge in [-0.05, 0) is 209 Å². The smallest absolute Gasteiger partial charge is 0.0582 e. The normalized spacial score (nSPS) is 18.6. The number of aryl methyl sites for hydroxylation is 4. The first-order valence-electron chi connectivity index (χ1n) is 25.9. The molecule has 4 aliphatic carbocycles. The zero-order chi connectivity index (χ0) is 46.3. The van der Waals surface area contributed by atoms with E-state index < -0.39 is 0 Å². The van der Waals surface area contributed by atoms with Crippen LogP contribution < -0.4 is 0 Å². The molecule has 10 aromatic carbocycles. The summed E-state index contributed by atoms with van der Waals surface area (Å²) in [6, 6.07) is 65.8. The molecule has 4 aliphatic rings. The second-order valence-corrected chi connectivity index (χ2v) is 21.5. The third-order valence-corrected chi connectivity index (χ3v) is 18.3. The minimum absolute atomic E-state index is 0.283. The number of aromatic nitrogens is 2. The van der Waals surface area contributed by atoms with Crippen molar-refractivity contribution in [3.63, 3.8) is 0 Å². The highest BCUT2D eigenvalue weighted by atomic mass is 15.0. The fourth-order valence-corrected chi connectivity index (χ4v) is 14.7. The van der Waals surface area contributed by atoms with Crippen molar-refractivity contribution >= 4 is 65.2 Å². The molecule has 4 atom stereocenters. The molecule has 0 amide bonds. The minimum atomic E-state index is 0.283. The maximum Gasteiger partial charge on any atom is 0.0582 e. The third kappa shape index (κ3) is 4.99. The van der Waals surface area contributed by atoms with Gasteiger partial charge in [0.25, 0.3) is 0 Å². The highest BCUT2D eigenvalue weighted by Crippen LogP contribution is 2.61. The van der Waals surface area contributed by atoms with E-state index in [1.54, 1.807) is 0 Å². The van der Waals surface area contributed by atoms with Gasteiger partial charge in [0.05, 0.1) is 22.1 Å². The second kappa shape index (κ2) is 14.0. The predicted octanol–water partition coefficient (Wildman–Crippen LogP) is 17.8. The summed E-state index contributed by atoms with van der Waals surface area (Å²) in [4.78, 5) is 0. The van der Waals surface area contributed by atoms with E-state index in [0.29, 0.717) is 11.8 Å². The fraction of sp³-hybridized carbons (Fsp3) is 0.176. The van der Waals surface area contributed by atoms with Crippen LogP contribution in [0.3, 0.4) is 0 Å². The number of rotatable bonds is 4. The van der Waals surface area contributed by atoms with E-state index >= 15 is 0 Å². The molecule has 0 fully saturated rings. The lowest BCUT2D eigenvalue weighted by atomic mass is 9.62. The summed E-state index contributed by atoms with van der Waals surface area (Å²) in [5.74, 6) is 1.16. The molecule has 16 rings (SSSR count). The van der Waals surface area contributed by atoms with Crippen LogP contribution in [-0.2, 0) is 25.7 Å².